The largest absolute Gasteiger partial charge is 0.396 e. The van der Waals surface area contributed by atoms with Gasteiger partial charge in [0.25, 0.3) is 0 Å². The fourth-order valence-electron chi connectivity index (χ4n) is 1.88. The van der Waals surface area contributed by atoms with Crippen molar-refractivity contribution in [1.82, 2.24) is 4.98 Å². The van der Waals surface area contributed by atoms with Crippen LogP contribution in [0.2, 0.25) is 5.02 Å². The van der Waals surface area contributed by atoms with Gasteiger partial charge in [-0.15, -0.1) is 0 Å². The molecule has 2 heterocycles. The normalized spacial score (nSPS) is 16.2. The van der Waals surface area contributed by atoms with Crippen molar-refractivity contribution in [2.24, 2.45) is 0 Å². The second-order valence-electron chi connectivity index (χ2n) is 4.06. The first-order valence-electron chi connectivity index (χ1n) is 5.89. The second kappa shape index (κ2) is 6.19. The van der Waals surface area contributed by atoms with Gasteiger partial charge in [0, 0.05) is 30.4 Å². The summed E-state index contributed by atoms with van der Waals surface area (Å²) in [6.45, 7) is 3.36. The maximum atomic E-state index is 8.83. The average Bonchev–Trinajstić information content (AvgIpc) is 2.37. The fourth-order valence-corrected chi connectivity index (χ4v) is 2.10. The number of aryl methyl sites for hydroxylation is 1. The summed E-state index contributed by atoms with van der Waals surface area (Å²) in [4.78, 5) is 6.75. The number of hydrogen-bond acceptors (Lipinski definition) is 4. The maximum absolute atomic E-state index is 8.83. The number of ether oxygens (including phenoxy) is 1. The minimum atomic E-state index is 0.182. The van der Waals surface area contributed by atoms with Crippen LogP contribution in [0, 0.1) is 0 Å². The molecule has 0 radical (unpaired) electrons. The van der Waals surface area contributed by atoms with Gasteiger partial charge in [0.05, 0.1) is 13.2 Å². The van der Waals surface area contributed by atoms with Crippen molar-refractivity contribution < 1.29 is 9.84 Å². The van der Waals surface area contributed by atoms with E-state index in [-0.39, 0.29) is 6.61 Å². The molecular formula is C12H17ClN2O2. The summed E-state index contributed by atoms with van der Waals surface area (Å²) in [7, 11) is 0. The lowest BCUT2D eigenvalue weighted by Crippen LogP contribution is -2.36. The van der Waals surface area contributed by atoms with Crippen LogP contribution in [0.25, 0.3) is 0 Å². The summed E-state index contributed by atoms with van der Waals surface area (Å²) >= 11 is 6.09. The van der Waals surface area contributed by atoms with Crippen LogP contribution in [0.5, 0.6) is 0 Å². The predicted octanol–water partition coefficient (Wildman–Crippen LogP) is 1.50. The number of morpholine rings is 1. The molecule has 0 unspecified atom stereocenters. The lowest BCUT2D eigenvalue weighted by molar-refractivity contribution is 0.122. The standard InChI is InChI=1S/C12H17ClN2O2/c13-10-8-11(2-1-5-16)14-12(9-10)15-3-6-17-7-4-15/h8-9,16H,1-7H2. The molecule has 0 bridgehead atoms. The third-order valence-corrected chi connectivity index (χ3v) is 2.97. The number of rotatable bonds is 4. The van der Waals surface area contributed by atoms with Crippen molar-refractivity contribution in [3.63, 3.8) is 0 Å². The molecule has 94 valence electrons. The first-order valence-corrected chi connectivity index (χ1v) is 6.27. The minimum absolute atomic E-state index is 0.182. The van der Waals surface area contributed by atoms with E-state index in [2.05, 4.69) is 9.88 Å². The van der Waals surface area contributed by atoms with E-state index in [9.17, 15) is 0 Å². The van der Waals surface area contributed by atoms with E-state index in [4.69, 9.17) is 21.4 Å². The molecule has 0 atom stereocenters. The van der Waals surface area contributed by atoms with Crippen LogP contribution in [0.4, 0.5) is 5.82 Å². The lowest BCUT2D eigenvalue weighted by Gasteiger charge is -2.28. The summed E-state index contributed by atoms with van der Waals surface area (Å²) in [6, 6.07) is 3.75. The van der Waals surface area contributed by atoms with Crippen molar-refractivity contribution in [1.29, 1.82) is 0 Å². The Kier molecular flexibility index (Phi) is 4.59. The van der Waals surface area contributed by atoms with E-state index < -0.39 is 0 Å². The number of pyridine rings is 1. The van der Waals surface area contributed by atoms with Crippen LogP contribution in [0.1, 0.15) is 12.1 Å². The van der Waals surface area contributed by atoms with Crippen LogP contribution >= 0.6 is 11.6 Å². The molecule has 1 aromatic heterocycles. The highest BCUT2D eigenvalue weighted by Crippen LogP contribution is 2.20. The number of hydrogen-bond donors (Lipinski definition) is 1. The zero-order chi connectivity index (χ0) is 12.1. The molecule has 5 heteroatoms. The van der Waals surface area contributed by atoms with Gasteiger partial charge in [0.1, 0.15) is 5.82 Å². The molecule has 2 rings (SSSR count). The van der Waals surface area contributed by atoms with Crippen molar-refractivity contribution in [3.05, 3.63) is 22.8 Å². The number of aromatic nitrogens is 1. The monoisotopic (exact) mass is 256 g/mol. The number of aliphatic hydroxyl groups excluding tert-OH is 1. The number of halogens is 1. The van der Waals surface area contributed by atoms with Crippen LogP contribution in [0.3, 0.4) is 0 Å². The molecule has 1 aromatic rings. The summed E-state index contributed by atoms with van der Waals surface area (Å²) < 4.78 is 5.31. The Hall–Kier alpha value is -0.840. The van der Waals surface area contributed by atoms with E-state index in [0.29, 0.717) is 5.02 Å². The Morgan fingerprint density at radius 2 is 2.12 bits per heavy atom. The van der Waals surface area contributed by atoms with E-state index in [0.717, 1.165) is 50.7 Å². The van der Waals surface area contributed by atoms with Crippen molar-refractivity contribution in [2.45, 2.75) is 12.8 Å². The average molecular weight is 257 g/mol. The van der Waals surface area contributed by atoms with E-state index in [1.807, 2.05) is 12.1 Å². The molecule has 1 N–H and O–H groups in total. The molecule has 0 amide bonds. The van der Waals surface area contributed by atoms with E-state index in [1.54, 1.807) is 0 Å². The lowest BCUT2D eigenvalue weighted by atomic mass is 10.2. The molecular weight excluding hydrogens is 240 g/mol. The van der Waals surface area contributed by atoms with Crippen LogP contribution in [-0.4, -0.2) is 43.0 Å². The molecule has 1 aliphatic rings. The van der Waals surface area contributed by atoms with Crippen molar-refractivity contribution in [2.75, 3.05) is 37.8 Å². The first-order chi connectivity index (χ1) is 8.29. The molecule has 0 spiro atoms. The number of aliphatic hydroxyl groups is 1. The maximum Gasteiger partial charge on any atom is 0.130 e. The highest BCUT2D eigenvalue weighted by atomic mass is 35.5. The van der Waals surface area contributed by atoms with E-state index >= 15 is 0 Å². The quantitative estimate of drug-likeness (QED) is 0.887. The number of anilines is 1. The molecule has 1 aliphatic heterocycles. The molecule has 0 aliphatic carbocycles. The fraction of sp³-hybridized carbons (Fsp3) is 0.583. The molecule has 17 heavy (non-hydrogen) atoms. The zero-order valence-corrected chi connectivity index (χ0v) is 10.5. The van der Waals surface area contributed by atoms with Crippen molar-refractivity contribution in [3.8, 4) is 0 Å². The summed E-state index contributed by atoms with van der Waals surface area (Å²) in [6.07, 6.45) is 1.48. The SMILES string of the molecule is OCCCc1cc(Cl)cc(N2CCOCC2)n1. The Balaban J connectivity index is 2.12. The Labute approximate surface area is 106 Å². The van der Waals surface area contributed by atoms with Gasteiger partial charge in [-0.3, -0.25) is 0 Å². The highest BCUT2D eigenvalue weighted by molar-refractivity contribution is 6.30. The summed E-state index contributed by atoms with van der Waals surface area (Å²) in [5, 5.41) is 9.53. The molecule has 0 aromatic carbocycles. The third-order valence-electron chi connectivity index (χ3n) is 2.76. The minimum Gasteiger partial charge on any atom is -0.396 e. The van der Waals surface area contributed by atoms with Gasteiger partial charge >= 0.3 is 0 Å². The van der Waals surface area contributed by atoms with Gasteiger partial charge < -0.3 is 14.7 Å². The first kappa shape index (κ1) is 12.6. The van der Waals surface area contributed by atoms with Crippen LogP contribution in [0.15, 0.2) is 12.1 Å². The Morgan fingerprint density at radius 3 is 2.82 bits per heavy atom. The number of nitrogens with zero attached hydrogens (tertiary/aromatic N) is 2. The van der Waals surface area contributed by atoms with Crippen LogP contribution in [-0.2, 0) is 11.2 Å². The highest BCUT2D eigenvalue weighted by Gasteiger charge is 2.13. The van der Waals surface area contributed by atoms with Gasteiger partial charge in [-0.25, -0.2) is 4.98 Å². The van der Waals surface area contributed by atoms with Crippen LogP contribution < -0.4 is 4.90 Å². The third kappa shape index (κ3) is 3.56. The Bertz CT molecular complexity index is 368. The smallest absolute Gasteiger partial charge is 0.130 e. The van der Waals surface area contributed by atoms with Gasteiger partial charge in [-0.1, -0.05) is 11.6 Å². The summed E-state index contributed by atoms with van der Waals surface area (Å²) in [5.41, 5.74) is 0.938. The molecule has 0 saturated carbocycles. The summed E-state index contributed by atoms with van der Waals surface area (Å²) in [5.74, 6) is 0.911. The zero-order valence-electron chi connectivity index (χ0n) is 9.73. The van der Waals surface area contributed by atoms with Gasteiger partial charge in [0.2, 0.25) is 0 Å². The van der Waals surface area contributed by atoms with E-state index in [1.165, 1.54) is 0 Å². The molecule has 1 fully saturated rings. The van der Waals surface area contributed by atoms with Gasteiger partial charge in [-0.05, 0) is 25.0 Å². The van der Waals surface area contributed by atoms with Gasteiger partial charge in [-0.2, -0.15) is 0 Å². The predicted molar refractivity (Wildman–Crippen MR) is 67.7 cm³/mol. The van der Waals surface area contributed by atoms with Gasteiger partial charge in [0.15, 0.2) is 0 Å². The topological polar surface area (TPSA) is 45.6 Å². The Morgan fingerprint density at radius 1 is 1.35 bits per heavy atom. The molecule has 1 saturated heterocycles. The van der Waals surface area contributed by atoms with Crippen molar-refractivity contribution >= 4 is 17.4 Å². The second-order valence-corrected chi connectivity index (χ2v) is 4.50. The molecule has 4 nitrogen and oxygen atoms in total.